The maximum atomic E-state index is 12.6. The molecule has 0 unspecified atom stereocenters. The molecule has 152 valence electrons. The molecule has 1 saturated carbocycles. The van der Waals surface area contributed by atoms with E-state index in [9.17, 15) is 14.4 Å². The molecule has 0 bridgehead atoms. The van der Waals surface area contributed by atoms with Crippen molar-refractivity contribution in [3.05, 3.63) is 29.6 Å². The molecule has 1 aromatic rings. The number of nitrogens with zero attached hydrogens (tertiary/aromatic N) is 2. The van der Waals surface area contributed by atoms with Crippen LogP contribution in [-0.4, -0.2) is 59.6 Å². The lowest BCUT2D eigenvalue weighted by Gasteiger charge is -2.31. The van der Waals surface area contributed by atoms with E-state index in [4.69, 9.17) is 4.74 Å². The maximum absolute atomic E-state index is 12.6. The molecule has 8 heteroatoms. The summed E-state index contributed by atoms with van der Waals surface area (Å²) in [5.41, 5.74) is 0.677. The fraction of sp³-hybridized carbons (Fsp3) is 0.600. The first-order chi connectivity index (χ1) is 13.6. The van der Waals surface area contributed by atoms with Gasteiger partial charge in [-0.25, -0.2) is 4.79 Å². The first-order valence-corrected chi connectivity index (χ1v) is 10.1. The number of piperidine rings is 1. The van der Waals surface area contributed by atoms with Crippen LogP contribution in [0.4, 0.5) is 4.79 Å². The number of carbonyl (C=O) groups is 3. The van der Waals surface area contributed by atoms with Gasteiger partial charge in [-0.2, -0.15) is 0 Å². The molecule has 2 aliphatic rings. The van der Waals surface area contributed by atoms with Crippen LogP contribution in [0, 0.1) is 0 Å². The van der Waals surface area contributed by atoms with Gasteiger partial charge in [0.15, 0.2) is 0 Å². The van der Waals surface area contributed by atoms with Crippen molar-refractivity contribution in [3.63, 3.8) is 0 Å². The molecule has 1 aliphatic heterocycles. The van der Waals surface area contributed by atoms with E-state index in [1.54, 1.807) is 17.9 Å². The van der Waals surface area contributed by atoms with Crippen LogP contribution in [0.15, 0.2) is 18.3 Å². The highest BCUT2D eigenvalue weighted by atomic mass is 16.6. The Kier molecular flexibility index (Phi) is 6.84. The number of rotatable bonds is 5. The highest BCUT2D eigenvalue weighted by molar-refractivity contribution is 5.98. The number of aromatic nitrogens is 1. The molecular formula is C20H28N4O4. The fourth-order valence-electron chi connectivity index (χ4n) is 3.72. The molecule has 0 spiro atoms. The van der Waals surface area contributed by atoms with Crippen LogP contribution in [0.3, 0.4) is 0 Å². The summed E-state index contributed by atoms with van der Waals surface area (Å²) in [5, 5.41) is 5.97. The van der Waals surface area contributed by atoms with Crippen molar-refractivity contribution in [1.82, 2.24) is 20.5 Å². The summed E-state index contributed by atoms with van der Waals surface area (Å²) in [7, 11) is 0. The van der Waals surface area contributed by atoms with Gasteiger partial charge in [-0.05, 0) is 44.7 Å². The molecule has 8 nitrogen and oxygen atoms in total. The van der Waals surface area contributed by atoms with Gasteiger partial charge in [-0.1, -0.05) is 12.8 Å². The second-order valence-corrected chi connectivity index (χ2v) is 7.32. The zero-order valence-corrected chi connectivity index (χ0v) is 16.3. The van der Waals surface area contributed by atoms with E-state index in [-0.39, 0.29) is 35.7 Å². The summed E-state index contributed by atoms with van der Waals surface area (Å²) in [5.74, 6) is -0.462. The zero-order valence-electron chi connectivity index (χ0n) is 16.3. The fourth-order valence-corrected chi connectivity index (χ4v) is 3.72. The summed E-state index contributed by atoms with van der Waals surface area (Å²) < 4.78 is 5.00. The molecule has 2 fully saturated rings. The predicted octanol–water partition coefficient (Wildman–Crippen LogP) is 2.10. The maximum Gasteiger partial charge on any atom is 0.409 e. The molecule has 1 aromatic heterocycles. The standard InChI is InChI=1S/C20H28N4O4/c1-2-28-20(27)24-11-8-16(9-12-24)22-18(25)14-7-10-21-17(13-14)19(26)23-15-5-3-4-6-15/h7,10,13,15-16H,2-6,8-9,11-12H2,1H3,(H,22,25)(H,23,26). The van der Waals surface area contributed by atoms with Gasteiger partial charge >= 0.3 is 6.09 Å². The largest absolute Gasteiger partial charge is 0.450 e. The lowest BCUT2D eigenvalue weighted by atomic mass is 10.0. The van der Waals surface area contributed by atoms with Crippen molar-refractivity contribution >= 4 is 17.9 Å². The van der Waals surface area contributed by atoms with Gasteiger partial charge in [0.2, 0.25) is 0 Å². The summed E-state index contributed by atoms with van der Waals surface area (Å²) in [4.78, 5) is 42.4. The van der Waals surface area contributed by atoms with E-state index in [1.807, 2.05) is 0 Å². The average Bonchev–Trinajstić information content (AvgIpc) is 3.22. The van der Waals surface area contributed by atoms with Gasteiger partial charge in [-0.3, -0.25) is 14.6 Å². The van der Waals surface area contributed by atoms with Gasteiger partial charge in [-0.15, -0.1) is 0 Å². The highest BCUT2D eigenvalue weighted by Gasteiger charge is 2.25. The minimum absolute atomic E-state index is 0.0119. The molecule has 2 heterocycles. The quantitative estimate of drug-likeness (QED) is 0.805. The molecule has 1 aliphatic carbocycles. The third kappa shape index (κ3) is 5.21. The van der Waals surface area contributed by atoms with Crippen LogP contribution in [-0.2, 0) is 4.74 Å². The van der Waals surface area contributed by atoms with Gasteiger partial charge in [0.1, 0.15) is 5.69 Å². The Labute approximate surface area is 165 Å². The van der Waals surface area contributed by atoms with Crippen LogP contribution in [0.5, 0.6) is 0 Å². The van der Waals surface area contributed by atoms with Crippen molar-refractivity contribution in [2.75, 3.05) is 19.7 Å². The van der Waals surface area contributed by atoms with E-state index in [0.717, 1.165) is 25.7 Å². The van der Waals surface area contributed by atoms with E-state index in [0.29, 0.717) is 38.1 Å². The smallest absolute Gasteiger partial charge is 0.409 e. The summed E-state index contributed by atoms with van der Waals surface area (Å²) in [6.07, 6.45) is 6.79. The molecule has 28 heavy (non-hydrogen) atoms. The van der Waals surface area contributed by atoms with Gasteiger partial charge < -0.3 is 20.3 Å². The number of amides is 3. The second-order valence-electron chi connectivity index (χ2n) is 7.32. The lowest BCUT2D eigenvalue weighted by molar-refractivity contribution is 0.0859. The van der Waals surface area contributed by atoms with Crippen molar-refractivity contribution in [2.24, 2.45) is 0 Å². The molecule has 1 saturated heterocycles. The Hall–Kier alpha value is -2.64. The summed E-state index contributed by atoms with van der Waals surface area (Å²) >= 11 is 0. The van der Waals surface area contributed by atoms with Crippen LogP contribution in [0.1, 0.15) is 66.3 Å². The Morgan fingerprint density at radius 2 is 1.71 bits per heavy atom. The van der Waals surface area contributed by atoms with E-state index >= 15 is 0 Å². The Morgan fingerprint density at radius 1 is 1.07 bits per heavy atom. The number of likely N-dealkylation sites (tertiary alicyclic amines) is 1. The van der Waals surface area contributed by atoms with Gasteiger partial charge in [0.25, 0.3) is 11.8 Å². The van der Waals surface area contributed by atoms with Gasteiger partial charge in [0, 0.05) is 36.9 Å². The van der Waals surface area contributed by atoms with E-state index in [2.05, 4.69) is 15.6 Å². The summed E-state index contributed by atoms with van der Waals surface area (Å²) in [6, 6.07) is 3.33. The number of hydrogen-bond acceptors (Lipinski definition) is 5. The Balaban J connectivity index is 1.52. The van der Waals surface area contributed by atoms with Crippen LogP contribution >= 0.6 is 0 Å². The SMILES string of the molecule is CCOC(=O)N1CCC(NC(=O)c2ccnc(C(=O)NC3CCCC3)c2)CC1. The third-order valence-corrected chi connectivity index (χ3v) is 5.30. The minimum atomic E-state index is -0.306. The van der Waals surface area contributed by atoms with Crippen molar-refractivity contribution in [2.45, 2.75) is 57.5 Å². The predicted molar refractivity (Wildman–Crippen MR) is 103 cm³/mol. The number of hydrogen-bond donors (Lipinski definition) is 2. The first-order valence-electron chi connectivity index (χ1n) is 10.1. The number of nitrogens with one attached hydrogen (secondary N) is 2. The number of ether oxygens (including phenoxy) is 1. The number of carbonyl (C=O) groups excluding carboxylic acids is 3. The van der Waals surface area contributed by atoms with Crippen molar-refractivity contribution in [3.8, 4) is 0 Å². The van der Waals surface area contributed by atoms with E-state index in [1.165, 1.54) is 12.3 Å². The van der Waals surface area contributed by atoms with E-state index < -0.39 is 0 Å². The normalized spacial score (nSPS) is 18.0. The van der Waals surface area contributed by atoms with Crippen molar-refractivity contribution in [1.29, 1.82) is 0 Å². The zero-order chi connectivity index (χ0) is 19.9. The lowest BCUT2D eigenvalue weighted by Crippen LogP contribution is -2.46. The summed E-state index contributed by atoms with van der Waals surface area (Å²) in [6.45, 7) is 3.24. The Morgan fingerprint density at radius 3 is 2.39 bits per heavy atom. The molecule has 2 N–H and O–H groups in total. The van der Waals surface area contributed by atoms with Crippen LogP contribution in [0.25, 0.3) is 0 Å². The molecule has 3 amide bonds. The van der Waals surface area contributed by atoms with Crippen molar-refractivity contribution < 1.29 is 19.1 Å². The highest BCUT2D eigenvalue weighted by Crippen LogP contribution is 2.18. The molecule has 0 atom stereocenters. The second kappa shape index (κ2) is 9.52. The topological polar surface area (TPSA) is 101 Å². The van der Waals surface area contributed by atoms with Crippen LogP contribution in [0.2, 0.25) is 0 Å². The Bertz CT molecular complexity index is 710. The minimum Gasteiger partial charge on any atom is -0.450 e. The monoisotopic (exact) mass is 388 g/mol. The average molecular weight is 388 g/mol. The first kappa shape index (κ1) is 20.1. The molecule has 3 rings (SSSR count). The molecule has 0 aromatic carbocycles. The number of pyridine rings is 1. The molecular weight excluding hydrogens is 360 g/mol. The molecule has 0 radical (unpaired) electrons. The van der Waals surface area contributed by atoms with Crippen LogP contribution < -0.4 is 10.6 Å². The van der Waals surface area contributed by atoms with Gasteiger partial charge in [0.05, 0.1) is 6.61 Å². The third-order valence-electron chi connectivity index (χ3n) is 5.30.